The minimum Gasteiger partial charge on any atom is -0.302 e. The van der Waals surface area contributed by atoms with Crippen LogP contribution in [0.3, 0.4) is 0 Å². The van der Waals surface area contributed by atoms with Crippen LogP contribution in [-0.4, -0.2) is 36.7 Å². The predicted octanol–water partition coefficient (Wildman–Crippen LogP) is 5.33. The molecule has 1 atom stereocenters. The number of carbonyl (C=O) groups is 1. The molecular formula is C19H17BrClN3O3S3. The number of halogens is 2. The fourth-order valence-corrected chi connectivity index (χ4v) is 7.02. The van der Waals surface area contributed by atoms with E-state index < -0.39 is 15.9 Å². The zero-order chi connectivity index (χ0) is 21.3. The van der Waals surface area contributed by atoms with E-state index in [1.165, 1.54) is 27.8 Å². The highest BCUT2D eigenvalue weighted by atomic mass is 79.9. The molecule has 0 spiro atoms. The summed E-state index contributed by atoms with van der Waals surface area (Å²) in [5.41, 5.74) is 0.807. The van der Waals surface area contributed by atoms with Crippen LogP contribution in [0.2, 0.25) is 5.02 Å². The molecule has 0 radical (unpaired) electrons. The number of hydrogen-bond donors (Lipinski definition) is 1. The third-order valence-corrected chi connectivity index (χ3v) is 9.30. The molecule has 11 heteroatoms. The van der Waals surface area contributed by atoms with Gasteiger partial charge in [-0.05, 0) is 65.2 Å². The topological polar surface area (TPSA) is 79.4 Å². The maximum Gasteiger partial charge on any atom is 0.243 e. The van der Waals surface area contributed by atoms with Crippen LogP contribution in [0.1, 0.15) is 12.8 Å². The van der Waals surface area contributed by atoms with Crippen LogP contribution in [-0.2, 0) is 14.8 Å². The zero-order valence-corrected chi connectivity index (χ0v) is 20.3. The summed E-state index contributed by atoms with van der Waals surface area (Å²) in [6, 6.07) is 10.00. The molecule has 0 aliphatic carbocycles. The van der Waals surface area contributed by atoms with E-state index in [0.717, 1.165) is 14.4 Å². The van der Waals surface area contributed by atoms with E-state index >= 15 is 0 Å². The predicted molar refractivity (Wildman–Crippen MR) is 125 cm³/mol. The number of sulfonamides is 1. The molecular weight excluding hydrogens is 530 g/mol. The van der Waals surface area contributed by atoms with Crippen molar-refractivity contribution in [2.75, 3.05) is 18.4 Å². The van der Waals surface area contributed by atoms with Crippen molar-refractivity contribution in [3.63, 3.8) is 0 Å². The van der Waals surface area contributed by atoms with Gasteiger partial charge in [0.05, 0.1) is 25.2 Å². The van der Waals surface area contributed by atoms with Gasteiger partial charge in [-0.3, -0.25) is 4.79 Å². The highest BCUT2D eigenvalue weighted by Crippen LogP contribution is 2.33. The van der Waals surface area contributed by atoms with Crippen molar-refractivity contribution in [1.82, 2.24) is 9.29 Å². The number of thiazole rings is 1. The standard InChI is InChI=1S/C19H17BrClN3O3S3/c20-17-8-7-16(29-17)15-11-28-19(22-15)23-18(25)12-2-1-9-24(10-12)30(26,27)14-5-3-13(21)4-6-14/h3-8,11-12H,1-2,9-10H2,(H,22,23,25). The Morgan fingerprint density at radius 3 is 2.70 bits per heavy atom. The smallest absolute Gasteiger partial charge is 0.243 e. The zero-order valence-electron chi connectivity index (χ0n) is 15.5. The van der Waals surface area contributed by atoms with Crippen LogP contribution in [0, 0.1) is 5.92 Å². The van der Waals surface area contributed by atoms with Gasteiger partial charge < -0.3 is 5.32 Å². The second-order valence-electron chi connectivity index (χ2n) is 6.79. The molecule has 30 heavy (non-hydrogen) atoms. The number of anilines is 1. The fourth-order valence-electron chi connectivity index (χ4n) is 3.23. The van der Waals surface area contributed by atoms with E-state index in [2.05, 4.69) is 26.2 Å². The molecule has 2 aromatic heterocycles. The Labute approximate surface area is 196 Å². The Morgan fingerprint density at radius 1 is 1.23 bits per heavy atom. The second-order valence-corrected chi connectivity index (χ2v) is 12.5. The van der Waals surface area contributed by atoms with Gasteiger partial charge in [0.15, 0.2) is 5.13 Å². The molecule has 1 fully saturated rings. The highest BCUT2D eigenvalue weighted by molar-refractivity contribution is 9.11. The van der Waals surface area contributed by atoms with Crippen molar-refractivity contribution in [3.8, 4) is 10.6 Å². The number of hydrogen-bond acceptors (Lipinski definition) is 6. The maximum atomic E-state index is 12.9. The van der Waals surface area contributed by atoms with Crippen LogP contribution >= 0.6 is 50.2 Å². The van der Waals surface area contributed by atoms with Gasteiger partial charge in [0.1, 0.15) is 0 Å². The summed E-state index contributed by atoms with van der Waals surface area (Å²) in [6.07, 6.45) is 1.26. The largest absolute Gasteiger partial charge is 0.302 e. The number of piperidine rings is 1. The number of carbonyl (C=O) groups excluding carboxylic acids is 1. The average molecular weight is 547 g/mol. The van der Waals surface area contributed by atoms with Gasteiger partial charge in [-0.2, -0.15) is 4.31 Å². The molecule has 1 aliphatic heterocycles. The van der Waals surface area contributed by atoms with Crippen molar-refractivity contribution < 1.29 is 13.2 Å². The molecule has 0 bridgehead atoms. The molecule has 1 unspecified atom stereocenters. The third kappa shape index (κ3) is 4.79. The number of aromatic nitrogens is 1. The Bertz CT molecular complexity index is 1160. The summed E-state index contributed by atoms with van der Waals surface area (Å²) in [7, 11) is -3.67. The number of amides is 1. The van der Waals surface area contributed by atoms with Crippen molar-refractivity contribution in [2.45, 2.75) is 17.7 Å². The first-order valence-corrected chi connectivity index (χ1v) is 13.4. The van der Waals surface area contributed by atoms with Gasteiger partial charge >= 0.3 is 0 Å². The van der Waals surface area contributed by atoms with Gasteiger partial charge in [0.2, 0.25) is 15.9 Å². The number of nitrogens with zero attached hydrogens (tertiary/aromatic N) is 2. The van der Waals surface area contributed by atoms with E-state index in [9.17, 15) is 13.2 Å². The van der Waals surface area contributed by atoms with Gasteiger partial charge in [0, 0.05) is 23.5 Å². The minimum atomic E-state index is -3.67. The highest BCUT2D eigenvalue weighted by Gasteiger charge is 2.33. The monoisotopic (exact) mass is 545 g/mol. The SMILES string of the molecule is O=C(Nc1nc(-c2ccc(Br)s2)cs1)C1CCCN(S(=O)(=O)c2ccc(Cl)cc2)C1. The van der Waals surface area contributed by atoms with E-state index in [1.807, 2.05) is 17.5 Å². The first-order valence-electron chi connectivity index (χ1n) is 9.11. The van der Waals surface area contributed by atoms with E-state index in [0.29, 0.717) is 29.5 Å². The van der Waals surface area contributed by atoms with E-state index in [4.69, 9.17) is 11.6 Å². The van der Waals surface area contributed by atoms with Crippen molar-refractivity contribution in [3.05, 3.63) is 50.6 Å². The minimum absolute atomic E-state index is 0.146. The number of nitrogens with one attached hydrogen (secondary N) is 1. The summed E-state index contributed by atoms with van der Waals surface area (Å²) >= 11 is 12.2. The lowest BCUT2D eigenvalue weighted by Gasteiger charge is -2.31. The summed E-state index contributed by atoms with van der Waals surface area (Å²) in [5, 5.41) is 5.73. The quantitative estimate of drug-likeness (QED) is 0.469. The lowest BCUT2D eigenvalue weighted by atomic mass is 9.99. The lowest BCUT2D eigenvalue weighted by molar-refractivity contribution is -0.120. The summed E-state index contributed by atoms with van der Waals surface area (Å²) in [5.74, 6) is -0.636. The molecule has 1 amide bonds. The number of thiophene rings is 1. The summed E-state index contributed by atoms with van der Waals surface area (Å²) in [6.45, 7) is 0.538. The number of benzene rings is 1. The molecule has 4 rings (SSSR count). The Kier molecular flexibility index (Phi) is 6.61. The first-order chi connectivity index (χ1) is 14.3. The summed E-state index contributed by atoms with van der Waals surface area (Å²) in [4.78, 5) is 18.5. The average Bonchev–Trinajstić information content (AvgIpc) is 3.37. The Balaban J connectivity index is 1.44. The third-order valence-electron chi connectivity index (χ3n) is 4.77. The summed E-state index contributed by atoms with van der Waals surface area (Å²) < 4.78 is 28.2. The van der Waals surface area contributed by atoms with Crippen LogP contribution in [0.25, 0.3) is 10.6 Å². The molecule has 6 nitrogen and oxygen atoms in total. The fraction of sp³-hybridized carbons (Fsp3) is 0.263. The molecule has 1 aliphatic rings. The molecule has 1 saturated heterocycles. The molecule has 0 saturated carbocycles. The van der Waals surface area contributed by atoms with Gasteiger partial charge in [-0.1, -0.05) is 11.6 Å². The maximum absolute atomic E-state index is 12.9. The van der Waals surface area contributed by atoms with Crippen LogP contribution in [0.5, 0.6) is 0 Å². The van der Waals surface area contributed by atoms with E-state index in [-0.39, 0.29) is 17.3 Å². The lowest BCUT2D eigenvalue weighted by Crippen LogP contribution is -2.43. The Morgan fingerprint density at radius 2 is 2.00 bits per heavy atom. The first kappa shape index (κ1) is 21.9. The second kappa shape index (κ2) is 9.05. The van der Waals surface area contributed by atoms with Gasteiger partial charge in [-0.15, -0.1) is 22.7 Å². The van der Waals surface area contributed by atoms with Crippen LogP contribution in [0.15, 0.2) is 50.5 Å². The number of rotatable bonds is 5. The van der Waals surface area contributed by atoms with Crippen molar-refractivity contribution >= 4 is 71.3 Å². The van der Waals surface area contributed by atoms with Crippen LogP contribution < -0.4 is 5.32 Å². The van der Waals surface area contributed by atoms with Crippen molar-refractivity contribution in [2.24, 2.45) is 5.92 Å². The Hall–Kier alpha value is -1.30. The van der Waals surface area contributed by atoms with E-state index in [1.54, 1.807) is 23.5 Å². The van der Waals surface area contributed by atoms with Crippen LogP contribution in [0.4, 0.5) is 5.13 Å². The molecule has 1 N–H and O–H groups in total. The normalized spacial score (nSPS) is 17.7. The van der Waals surface area contributed by atoms with Gasteiger partial charge in [0.25, 0.3) is 0 Å². The molecule has 158 valence electrons. The van der Waals surface area contributed by atoms with Crippen molar-refractivity contribution in [1.29, 1.82) is 0 Å². The molecule has 3 aromatic rings. The molecule has 1 aromatic carbocycles. The molecule has 3 heterocycles. The van der Waals surface area contributed by atoms with Gasteiger partial charge in [-0.25, -0.2) is 13.4 Å².